The van der Waals surface area contributed by atoms with Crippen molar-refractivity contribution in [1.82, 2.24) is 4.98 Å². The molecule has 0 atom stereocenters. The molecule has 2 rings (SSSR count). The fourth-order valence-corrected chi connectivity index (χ4v) is 2.50. The summed E-state index contributed by atoms with van der Waals surface area (Å²) >= 11 is 6.70. The van der Waals surface area contributed by atoms with Crippen molar-refractivity contribution in [3.8, 4) is 11.6 Å². The number of hydrogen-bond donors (Lipinski definition) is 1. The second-order valence-electron chi connectivity index (χ2n) is 3.72. The zero-order chi connectivity index (χ0) is 13.8. The molecule has 2 aromatic rings. The number of para-hydroxylation sites is 2. The molecule has 0 saturated heterocycles. The van der Waals surface area contributed by atoms with Crippen molar-refractivity contribution in [3.63, 3.8) is 0 Å². The first-order chi connectivity index (χ1) is 9.06. The summed E-state index contributed by atoms with van der Waals surface area (Å²) in [4.78, 5) is 15.3. The molecule has 6 heteroatoms. The molecule has 0 aliphatic carbocycles. The Hall–Kier alpha value is -1.40. The highest BCUT2D eigenvalue weighted by Crippen LogP contribution is 2.33. The fourth-order valence-electron chi connectivity index (χ4n) is 1.43. The van der Waals surface area contributed by atoms with Crippen molar-refractivity contribution >= 4 is 43.5 Å². The number of hydrogen-bond acceptors (Lipinski definition) is 3. The number of anilines is 1. The van der Waals surface area contributed by atoms with Gasteiger partial charge in [-0.2, -0.15) is 0 Å². The fraction of sp³-hybridized carbons (Fsp3) is 0.0769. The average Bonchev–Trinajstić information content (AvgIpc) is 2.34. The van der Waals surface area contributed by atoms with E-state index in [0.717, 1.165) is 8.95 Å². The van der Waals surface area contributed by atoms with Gasteiger partial charge in [-0.3, -0.25) is 4.79 Å². The maximum atomic E-state index is 11.1. The smallest absolute Gasteiger partial charge is 0.233 e. The van der Waals surface area contributed by atoms with E-state index in [9.17, 15) is 4.79 Å². The lowest BCUT2D eigenvalue weighted by atomic mass is 10.3. The minimum Gasteiger partial charge on any atom is -0.436 e. The van der Waals surface area contributed by atoms with Gasteiger partial charge in [0.05, 0.1) is 10.2 Å². The van der Waals surface area contributed by atoms with E-state index < -0.39 is 0 Å². The Morgan fingerprint density at radius 1 is 1.32 bits per heavy atom. The number of halogens is 2. The van der Waals surface area contributed by atoms with Crippen molar-refractivity contribution in [2.45, 2.75) is 6.92 Å². The Labute approximate surface area is 127 Å². The van der Waals surface area contributed by atoms with Gasteiger partial charge in [0.1, 0.15) is 0 Å². The van der Waals surface area contributed by atoms with Gasteiger partial charge in [-0.15, -0.1) is 0 Å². The van der Waals surface area contributed by atoms with E-state index in [1.165, 1.54) is 6.92 Å². The molecule has 1 amide bonds. The molecule has 0 fully saturated rings. The molecule has 0 saturated carbocycles. The molecular formula is C13H10Br2N2O2. The number of amides is 1. The van der Waals surface area contributed by atoms with Crippen LogP contribution in [0.4, 0.5) is 5.69 Å². The topological polar surface area (TPSA) is 51.2 Å². The number of rotatable bonds is 3. The first-order valence-electron chi connectivity index (χ1n) is 5.42. The standard InChI is InChI=1S/C13H10Br2N2O2/c1-8(18)17-11-4-2-3-5-12(11)19-13-10(15)6-9(14)7-16-13/h2-7H,1H3,(H,17,18). The van der Waals surface area contributed by atoms with E-state index in [2.05, 4.69) is 42.2 Å². The number of carbonyl (C=O) groups excluding carboxylic acids is 1. The Morgan fingerprint density at radius 2 is 2.05 bits per heavy atom. The third-order valence-corrected chi connectivity index (χ3v) is 3.18. The van der Waals surface area contributed by atoms with Gasteiger partial charge >= 0.3 is 0 Å². The van der Waals surface area contributed by atoms with Gasteiger partial charge in [0, 0.05) is 17.6 Å². The van der Waals surface area contributed by atoms with Crippen LogP contribution in [0.2, 0.25) is 0 Å². The molecular weight excluding hydrogens is 376 g/mol. The normalized spacial score (nSPS) is 10.1. The van der Waals surface area contributed by atoms with E-state index in [4.69, 9.17) is 4.74 Å². The maximum absolute atomic E-state index is 11.1. The van der Waals surface area contributed by atoms with Gasteiger partial charge in [-0.25, -0.2) is 4.98 Å². The number of benzene rings is 1. The van der Waals surface area contributed by atoms with E-state index in [-0.39, 0.29) is 5.91 Å². The van der Waals surface area contributed by atoms with Gasteiger partial charge in [0.15, 0.2) is 5.75 Å². The Kier molecular flexibility index (Phi) is 4.55. The summed E-state index contributed by atoms with van der Waals surface area (Å²) in [5, 5.41) is 2.71. The lowest BCUT2D eigenvalue weighted by Crippen LogP contribution is -2.06. The monoisotopic (exact) mass is 384 g/mol. The number of nitrogens with one attached hydrogen (secondary N) is 1. The predicted molar refractivity (Wildman–Crippen MR) is 80.5 cm³/mol. The van der Waals surface area contributed by atoms with Gasteiger partial charge < -0.3 is 10.1 Å². The number of ether oxygens (including phenoxy) is 1. The zero-order valence-corrected chi connectivity index (χ0v) is 13.2. The van der Waals surface area contributed by atoms with Gasteiger partial charge in [0.25, 0.3) is 0 Å². The summed E-state index contributed by atoms with van der Waals surface area (Å²) < 4.78 is 7.27. The maximum Gasteiger partial charge on any atom is 0.233 e. The van der Waals surface area contributed by atoms with Crippen LogP contribution in [0, 0.1) is 0 Å². The number of aromatic nitrogens is 1. The molecule has 0 aliphatic heterocycles. The molecule has 0 bridgehead atoms. The van der Waals surface area contributed by atoms with Crippen LogP contribution in [0.3, 0.4) is 0 Å². The molecule has 0 radical (unpaired) electrons. The molecule has 0 unspecified atom stereocenters. The van der Waals surface area contributed by atoms with Crippen molar-refractivity contribution in [2.24, 2.45) is 0 Å². The number of pyridine rings is 1. The van der Waals surface area contributed by atoms with Crippen molar-refractivity contribution in [1.29, 1.82) is 0 Å². The van der Waals surface area contributed by atoms with Crippen molar-refractivity contribution in [2.75, 3.05) is 5.32 Å². The Bertz CT molecular complexity index is 617. The van der Waals surface area contributed by atoms with Gasteiger partial charge in [-0.05, 0) is 50.1 Å². The Balaban J connectivity index is 2.30. The summed E-state index contributed by atoms with van der Waals surface area (Å²) in [6.07, 6.45) is 1.64. The van der Waals surface area contributed by atoms with Crippen molar-refractivity contribution in [3.05, 3.63) is 45.5 Å². The minimum absolute atomic E-state index is 0.154. The zero-order valence-electron chi connectivity index (χ0n) is 9.98. The van der Waals surface area contributed by atoms with Crippen LogP contribution in [0.15, 0.2) is 45.5 Å². The highest BCUT2D eigenvalue weighted by atomic mass is 79.9. The molecule has 1 N–H and O–H groups in total. The molecule has 4 nitrogen and oxygen atoms in total. The quantitative estimate of drug-likeness (QED) is 0.853. The second kappa shape index (κ2) is 6.16. The van der Waals surface area contributed by atoms with Crippen LogP contribution >= 0.6 is 31.9 Å². The molecule has 1 aromatic heterocycles. The molecule has 19 heavy (non-hydrogen) atoms. The molecule has 1 heterocycles. The minimum atomic E-state index is -0.154. The van der Waals surface area contributed by atoms with Crippen LogP contribution in [-0.2, 0) is 4.79 Å². The van der Waals surface area contributed by atoms with Crippen LogP contribution < -0.4 is 10.1 Å². The molecule has 0 aliphatic rings. The summed E-state index contributed by atoms with van der Waals surface area (Å²) in [5.74, 6) is 0.813. The van der Waals surface area contributed by atoms with Crippen molar-refractivity contribution < 1.29 is 9.53 Å². The SMILES string of the molecule is CC(=O)Nc1ccccc1Oc1ncc(Br)cc1Br. The second-order valence-corrected chi connectivity index (χ2v) is 5.49. The first kappa shape index (κ1) is 14.0. The summed E-state index contributed by atoms with van der Waals surface area (Å²) in [7, 11) is 0. The predicted octanol–water partition coefficient (Wildman–Crippen LogP) is 4.36. The van der Waals surface area contributed by atoms with Gasteiger partial charge in [-0.1, -0.05) is 12.1 Å². The van der Waals surface area contributed by atoms with Gasteiger partial charge in [0.2, 0.25) is 11.8 Å². The first-order valence-corrected chi connectivity index (χ1v) is 7.00. The number of nitrogens with zero attached hydrogens (tertiary/aromatic N) is 1. The van der Waals surface area contributed by atoms with E-state index in [1.807, 2.05) is 18.2 Å². The van der Waals surface area contributed by atoms with Crippen LogP contribution in [0.5, 0.6) is 11.6 Å². The average molecular weight is 386 g/mol. The Morgan fingerprint density at radius 3 is 2.74 bits per heavy atom. The van der Waals surface area contributed by atoms with Crippen LogP contribution in [0.25, 0.3) is 0 Å². The summed E-state index contributed by atoms with van der Waals surface area (Å²) in [6.45, 7) is 1.45. The molecule has 98 valence electrons. The van der Waals surface area contributed by atoms with E-state index in [0.29, 0.717) is 17.3 Å². The highest BCUT2D eigenvalue weighted by Gasteiger charge is 2.09. The third kappa shape index (κ3) is 3.78. The lowest BCUT2D eigenvalue weighted by Gasteiger charge is -2.11. The highest BCUT2D eigenvalue weighted by molar-refractivity contribution is 9.11. The van der Waals surface area contributed by atoms with Crippen LogP contribution in [0.1, 0.15) is 6.92 Å². The molecule has 1 aromatic carbocycles. The summed E-state index contributed by atoms with van der Waals surface area (Å²) in [6, 6.07) is 9.02. The van der Waals surface area contributed by atoms with Crippen LogP contribution in [-0.4, -0.2) is 10.9 Å². The van der Waals surface area contributed by atoms with E-state index >= 15 is 0 Å². The number of carbonyl (C=O) groups is 1. The third-order valence-electron chi connectivity index (χ3n) is 2.18. The molecule has 0 spiro atoms. The summed E-state index contributed by atoms with van der Waals surface area (Å²) in [5.41, 5.74) is 0.603. The largest absolute Gasteiger partial charge is 0.436 e. The lowest BCUT2D eigenvalue weighted by molar-refractivity contribution is -0.114. The van der Waals surface area contributed by atoms with E-state index in [1.54, 1.807) is 18.3 Å².